The van der Waals surface area contributed by atoms with Gasteiger partial charge in [0.1, 0.15) is 0 Å². The van der Waals surface area contributed by atoms with E-state index in [1.54, 1.807) is 0 Å². The SMILES string of the molecule is CCC(C)c1ccccc1NC(=O)CCCc1ccc(Cl)cc1. The molecule has 0 spiro atoms. The van der Waals surface area contributed by atoms with Gasteiger partial charge in [0, 0.05) is 17.1 Å². The lowest BCUT2D eigenvalue weighted by atomic mass is 9.97. The molecular formula is C20H24ClNO. The summed E-state index contributed by atoms with van der Waals surface area (Å²) in [5, 5.41) is 3.80. The molecule has 0 saturated heterocycles. The number of amides is 1. The smallest absolute Gasteiger partial charge is 0.224 e. The highest BCUT2D eigenvalue weighted by Gasteiger charge is 2.10. The maximum Gasteiger partial charge on any atom is 0.224 e. The summed E-state index contributed by atoms with van der Waals surface area (Å²) in [5.41, 5.74) is 3.36. The Morgan fingerprint density at radius 2 is 1.83 bits per heavy atom. The molecule has 0 aliphatic rings. The van der Waals surface area contributed by atoms with Crippen molar-refractivity contribution in [1.29, 1.82) is 0 Å². The average Bonchev–Trinajstić information content (AvgIpc) is 2.56. The number of hydrogen-bond donors (Lipinski definition) is 1. The summed E-state index contributed by atoms with van der Waals surface area (Å²) >= 11 is 5.87. The molecule has 23 heavy (non-hydrogen) atoms. The first-order valence-corrected chi connectivity index (χ1v) is 8.61. The van der Waals surface area contributed by atoms with Crippen molar-refractivity contribution in [3.05, 3.63) is 64.7 Å². The Bertz CT molecular complexity index is 636. The molecule has 0 fully saturated rings. The van der Waals surface area contributed by atoms with Crippen LogP contribution in [0.3, 0.4) is 0 Å². The van der Waals surface area contributed by atoms with Gasteiger partial charge in [-0.25, -0.2) is 0 Å². The molecule has 0 radical (unpaired) electrons. The molecule has 0 aliphatic carbocycles. The third-order valence-electron chi connectivity index (χ3n) is 4.16. The number of nitrogens with one attached hydrogen (secondary N) is 1. The normalized spacial score (nSPS) is 12.0. The second kappa shape index (κ2) is 8.73. The highest BCUT2D eigenvalue weighted by Crippen LogP contribution is 2.26. The zero-order valence-corrected chi connectivity index (χ0v) is 14.6. The largest absolute Gasteiger partial charge is 0.326 e. The molecule has 0 aliphatic heterocycles. The van der Waals surface area contributed by atoms with Gasteiger partial charge >= 0.3 is 0 Å². The van der Waals surface area contributed by atoms with E-state index in [2.05, 4.69) is 25.2 Å². The van der Waals surface area contributed by atoms with Crippen molar-refractivity contribution in [3.63, 3.8) is 0 Å². The average molecular weight is 330 g/mol. The predicted molar refractivity (Wildman–Crippen MR) is 98.2 cm³/mol. The number of halogens is 1. The van der Waals surface area contributed by atoms with Crippen molar-refractivity contribution < 1.29 is 4.79 Å². The van der Waals surface area contributed by atoms with Crippen LogP contribution in [0, 0.1) is 0 Å². The van der Waals surface area contributed by atoms with E-state index in [1.807, 2.05) is 42.5 Å². The Balaban J connectivity index is 1.86. The Hall–Kier alpha value is -1.80. The minimum atomic E-state index is 0.0784. The molecule has 0 bridgehead atoms. The molecule has 1 amide bonds. The Morgan fingerprint density at radius 1 is 1.13 bits per heavy atom. The van der Waals surface area contributed by atoms with Gasteiger partial charge in [0.05, 0.1) is 0 Å². The van der Waals surface area contributed by atoms with E-state index in [0.29, 0.717) is 12.3 Å². The number of hydrogen-bond acceptors (Lipinski definition) is 1. The van der Waals surface area contributed by atoms with Gasteiger partial charge < -0.3 is 5.32 Å². The quantitative estimate of drug-likeness (QED) is 0.681. The van der Waals surface area contributed by atoms with Crippen LogP contribution < -0.4 is 5.32 Å². The number of para-hydroxylation sites is 1. The maximum absolute atomic E-state index is 12.2. The van der Waals surface area contributed by atoms with Gasteiger partial charge in [-0.05, 0) is 54.5 Å². The summed E-state index contributed by atoms with van der Waals surface area (Å²) in [6, 6.07) is 15.9. The molecule has 0 heterocycles. The molecule has 1 unspecified atom stereocenters. The van der Waals surface area contributed by atoms with Gasteiger partial charge in [0.2, 0.25) is 5.91 Å². The van der Waals surface area contributed by atoms with E-state index in [-0.39, 0.29) is 5.91 Å². The van der Waals surface area contributed by atoms with Crippen LogP contribution in [0.1, 0.15) is 50.2 Å². The highest BCUT2D eigenvalue weighted by molar-refractivity contribution is 6.30. The third kappa shape index (κ3) is 5.40. The number of carbonyl (C=O) groups excluding carboxylic acids is 1. The zero-order chi connectivity index (χ0) is 16.7. The van der Waals surface area contributed by atoms with E-state index in [4.69, 9.17) is 11.6 Å². The van der Waals surface area contributed by atoms with Crippen LogP contribution in [0.5, 0.6) is 0 Å². The van der Waals surface area contributed by atoms with Crippen molar-refractivity contribution in [2.75, 3.05) is 5.32 Å². The van der Waals surface area contributed by atoms with Gasteiger partial charge in [0.15, 0.2) is 0 Å². The Labute approximate surface area is 143 Å². The molecule has 2 nitrogen and oxygen atoms in total. The lowest BCUT2D eigenvalue weighted by molar-refractivity contribution is -0.116. The van der Waals surface area contributed by atoms with E-state index >= 15 is 0 Å². The van der Waals surface area contributed by atoms with E-state index in [1.165, 1.54) is 11.1 Å². The minimum absolute atomic E-state index is 0.0784. The minimum Gasteiger partial charge on any atom is -0.326 e. The molecule has 1 atom stereocenters. The Kier molecular flexibility index (Phi) is 6.66. The second-order valence-electron chi connectivity index (χ2n) is 5.92. The molecule has 3 heteroatoms. The van der Waals surface area contributed by atoms with Crippen molar-refractivity contribution in [2.45, 2.75) is 45.4 Å². The fourth-order valence-corrected chi connectivity index (χ4v) is 2.70. The number of aryl methyl sites for hydroxylation is 1. The molecule has 2 aromatic rings. The second-order valence-corrected chi connectivity index (χ2v) is 6.36. The highest BCUT2D eigenvalue weighted by atomic mass is 35.5. The number of benzene rings is 2. The lowest BCUT2D eigenvalue weighted by Crippen LogP contribution is -2.13. The zero-order valence-electron chi connectivity index (χ0n) is 13.8. The number of anilines is 1. The van der Waals surface area contributed by atoms with Crippen LogP contribution >= 0.6 is 11.6 Å². The first-order chi connectivity index (χ1) is 11.1. The summed E-state index contributed by atoms with van der Waals surface area (Å²) < 4.78 is 0. The fraction of sp³-hybridized carbons (Fsp3) is 0.350. The molecule has 2 aromatic carbocycles. The summed E-state index contributed by atoms with van der Waals surface area (Å²) in [6.45, 7) is 4.35. The molecule has 2 rings (SSSR count). The molecule has 1 N–H and O–H groups in total. The standard InChI is InChI=1S/C20H24ClNO/c1-3-15(2)18-8-4-5-9-19(18)22-20(23)10-6-7-16-11-13-17(21)14-12-16/h4-5,8-9,11-15H,3,6-7,10H2,1-2H3,(H,22,23). The van der Waals surface area contributed by atoms with Gasteiger partial charge in [-0.15, -0.1) is 0 Å². The van der Waals surface area contributed by atoms with Gasteiger partial charge in [0.25, 0.3) is 0 Å². The summed E-state index contributed by atoms with van der Waals surface area (Å²) in [6.07, 6.45) is 3.30. The van der Waals surface area contributed by atoms with Crippen LogP contribution in [0.15, 0.2) is 48.5 Å². The molecule has 0 aromatic heterocycles. The van der Waals surface area contributed by atoms with Crippen LogP contribution in [-0.2, 0) is 11.2 Å². The van der Waals surface area contributed by atoms with Gasteiger partial charge in [-0.2, -0.15) is 0 Å². The van der Waals surface area contributed by atoms with Crippen LogP contribution in [0.4, 0.5) is 5.69 Å². The summed E-state index contributed by atoms with van der Waals surface area (Å²) in [4.78, 5) is 12.2. The van der Waals surface area contributed by atoms with Crippen molar-refractivity contribution in [3.8, 4) is 0 Å². The van der Waals surface area contributed by atoms with Crippen LogP contribution in [0.25, 0.3) is 0 Å². The van der Waals surface area contributed by atoms with Gasteiger partial charge in [-0.1, -0.05) is 55.8 Å². The van der Waals surface area contributed by atoms with E-state index < -0.39 is 0 Å². The first kappa shape index (κ1) is 17.6. The summed E-state index contributed by atoms with van der Waals surface area (Å²) in [5.74, 6) is 0.523. The topological polar surface area (TPSA) is 29.1 Å². The monoisotopic (exact) mass is 329 g/mol. The molecular weight excluding hydrogens is 306 g/mol. The van der Waals surface area contributed by atoms with Crippen LogP contribution in [0.2, 0.25) is 5.02 Å². The fourth-order valence-electron chi connectivity index (χ4n) is 2.58. The van der Waals surface area contributed by atoms with Crippen molar-refractivity contribution in [2.24, 2.45) is 0 Å². The lowest BCUT2D eigenvalue weighted by Gasteiger charge is -2.15. The number of rotatable bonds is 7. The first-order valence-electron chi connectivity index (χ1n) is 8.23. The number of carbonyl (C=O) groups is 1. The molecule has 0 saturated carbocycles. The van der Waals surface area contributed by atoms with Crippen molar-refractivity contribution >= 4 is 23.2 Å². The maximum atomic E-state index is 12.2. The Morgan fingerprint density at radius 3 is 2.52 bits per heavy atom. The van der Waals surface area contributed by atoms with Gasteiger partial charge in [-0.3, -0.25) is 4.79 Å². The predicted octanol–water partition coefficient (Wildman–Crippen LogP) is 5.81. The summed E-state index contributed by atoms with van der Waals surface area (Å²) in [7, 11) is 0. The van der Waals surface area contributed by atoms with Crippen molar-refractivity contribution in [1.82, 2.24) is 0 Å². The van der Waals surface area contributed by atoms with E-state index in [0.717, 1.165) is 30.0 Å². The third-order valence-corrected chi connectivity index (χ3v) is 4.41. The molecule has 122 valence electrons. The van der Waals surface area contributed by atoms with Crippen LogP contribution in [-0.4, -0.2) is 5.91 Å². The van der Waals surface area contributed by atoms with E-state index in [9.17, 15) is 4.79 Å².